The monoisotopic (exact) mass is 352 g/mol. The molecule has 0 aliphatic rings. The van der Waals surface area contributed by atoms with Crippen molar-refractivity contribution >= 4 is 29.1 Å². The summed E-state index contributed by atoms with van der Waals surface area (Å²) in [4.78, 5) is 20.7. The third-order valence-corrected chi connectivity index (χ3v) is 3.88. The van der Waals surface area contributed by atoms with Crippen molar-refractivity contribution in [3.63, 3.8) is 0 Å². The van der Waals surface area contributed by atoms with Crippen LogP contribution in [-0.2, 0) is 0 Å². The van der Waals surface area contributed by atoms with Crippen molar-refractivity contribution in [2.24, 2.45) is 0 Å². The maximum absolute atomic E-state index is 12.2. The van der Waals surface area contributed by atoms with Gasteiger partial charge < -0.3 is 10.6 Å². The summed E-state index contributed by atoms with van der Waals surface area (Å²) in [6.45, 7) is 2.03. The number of hydrogen-bond donors (Lipinski definition) is 2. The average molecular weight is 353 g/mol. The van der Waals surface area contributed by atoms with Gasteiger partial charge in [-0.15, -0.1) is 0 Å². The van der Waals surface area contributed by atoms with Gasteiger partial charge in [-0.05, 0) is 30.7 Å². The molecule has 1 heterocycles. The van der Waals surface area contributed by atoms with E-state index in [-0.39, 0.29) is 11.9 Å². The molecule has 1 atom stereocenters. The van der Waals surface area contributed by atoms with Crippen LogP contribution < -0.4 is 10.6 Å². The van der Waals surface area contributed by atoms with Crippen LogP contribution >= 0.6 is 11.6 Å². The van der Waals surface area contributed by atoms with Gasteiger partial charge in [0.15, 0.2) is 0 Å². The highest BCUT2D eigenvalue weighted by Crippen LogP contribution is 2.17. The Balaban J connectivity index is 1.64. The van der Waals surface area contributed by atoms with E-state index in [1.54, 1.807) is 24.3 Å². The summed E-state index contributed by atoms with van der Waals surface area (Å²) in [5.41, 5.74) is 2.13. The molecule has 0 aliphatic heterocycles. The highest BCUT2D eigenvalue weighted by Gasteiger charge is 2.10. The topological polar surface area (TPSA) is 66.9 Å². The van der Waals surface area contributed by atoms with Crippen molar-refractivity contribution in [2.45, 2.75) is 13.0 Å². The van der Waals surface area contributed by atoms with Crippen LogP contribution in [0.3, 0.4) is 0 Å². The van der Waals surface area contributed by atoms with Gasteiger partial charge in [-0.25, -0.2) is 9.97 Å². The third kappa shape index (κ3) is 4.55. The van der Waals surface area contributed by atoms with Gasteiger partial charge in [-0.3, -0.25) is 4.79 Å². The molecule has 0 saturated heterocycles. The summed E-state index contributed by atoms with van der Waals surface area (Å²) in [7, 11) is 0. The van der Waals surface area contributed by atoms with Gasteiger partial charge in [-0.2, -0.15) is 0 Å². The molecular weight excluding hydrogens is 336 g/mol. The zero-order valence-corrected chi connectivity index (χ0v) is 14.4. The average Bonchev–Trinajstić information content (AvgIpc) is 2.63. The van der Waals surface area contributed by atoms with Gasteiger partial charge in [0.25, 0.3) is 5.91 Å². The maximum Gasteiger partial charge on any atom is 0.258 e. The zero-order chi connectivity index (χ0) is 17.6. The summed E-state index contributed by atoms with van der Waals surface area (Å²) in [5, 5.41) is 6.53. The van der Waals surface area contributed by atoms with E-state index < -0.39 is 0 Å². The van der Waals surface area contributed by atoms with Crippen LogP contribution in [0.15, 0.2) is 67.0 Å². The first kappa shape index (κ1) is 16.9. The molecule has 1 aromatic heterocycles. The summed E-state index contributed by atoms with van der Waals surface area (Å²) in [5.74, 6) is 0.181. The van der Waals surface area contributed by atoms with Crippen LogP contribution in [0.5, 0.6) is 0 Å². The second kappa shape index (κ2) is 7.77. The van der Waals surface area contributed by atoms with E-state index in [4.69, 9.17) is 11.6 Å². The summed E-state index contributed by atoms with van der Waals surface area (Å²) in [6.07, 6.45) is 2.99. The van der Waals surface area contributed by atoms with Crippen molar-refractivity contribution in [3.05, 3.63) is 83.1 Å². The Morgan fingerprint density at radius 2 is 1.76 bits per heavy atom. The first-order valence-corrected chi connectivity index (χ1v) is 8.20. The standard InChI is InChI=1S/C19H17ClN4O/c1-13(14-6-3-2-4-7-14)23-19-21-11-15(12-22-19)18(25)24-17-9-5-8-16(20)10-17/h2-13H,1H3,(H,24,25)(H,21,22,23). The lowest BCUT2D eigenvalue weighted by molar-refractivity contribution is 0.102. The molecule has 0 fully saturated rings. The molecule has 0 aliphatic carbocycles. The van der Waals surface area contributed by atoms with E-state index in [0.29, 0.717) is 22.2 Å². The number of nitrogens with zero attached hydrogens (tertiary/aromatic N) is 2. The minimum absolute atomic E-state index is 0.0623. The van der Waals surface area contributed by atoms with Crippen LogP contribution in [0.1, 0.15) is 28.9 Å². The molecule has 0 bridgehead atoms. The summed E-state index contributed by atoms with van der Waals surface area (Å²) < 4.78 is 0. The molecule has 6 heteroatoms. The molecule has 5 nitrogen and oxygen atoms in total. The number of hydrogen-bond acceptors (Lipinski definition) is 4. The minimum Gasteiger partial charge on any atom is -0.348 e. The van der Waals surface area contributed by atoms with Crippen molar-refractivity contribution in [1.29, 1.82) is 0 Å². The van der Waals surface area contributed by atoms with Crippen molar-refractivity contribution in [1.82, 2.24) is 9.97 Å². The Bertz CT molecular complexity index is 853. The molecule has 25 heavy (non-hydrogen) atoms. The first-order valence-electron chi connectivity index (χ1n) is 7.82. The summed E-state index contributed by atoms with van der Waals surface area (Å²) >= 11 is 5.91. The van der Waals surface area contributed by atoms with Crippen molar-refractivity contribution < 1.29 is 4.79 Å². The van der Waals surface area contributed by atoms with E-state index in [9.17, 15) is 4.79 Å². The number of nitrogens with one attached hydrogen (secondary N) is 2. The van der Waals surface area contributed by atoms with E-state index in [1.165, 1.54) is 12.4 Å². The molecule has 2 N–H and O–H groups in total. The van der Waals surface area contributed by atoms with Gasteiger partial charge >= 0.3 is 0 Å². The van der Waals surface area contributed by atoms with E-state index in [2.05, 4.69) is 20.6 Å². The molecule has 3 rings (SSSR count). The van der Waals surface area contributed by atoms with E-state index in [0.717, 1.165) is 5.56 Å². The molecule has 0 radical (unpaired) electrons. The Kier molecular flexibility index (Phi) is 5.26. The number of carbonyl (C=O) groups is 1. The Hall–Kier alpha value is -2.92. The van der Waals surface area contributed by atoms with Crippen molar-refractivity contribution in [3.8, 4) is 0 Å². The van der Waals surface area contributed by atoms with Crippen LogP contribution in [-0.4, -0.2) is 15.9 Å². The Morgan fingerprint density at radius 1 is 1.04 bits per heavy atom. The number of halogens is 1. The molecule has 0 spiro atoms. The second-order valence-electron chi connectivity index (χ2n) is 5.54. The molecule has 2 aromatic carbocycles. The lowest BCUT2D eigenvalue weighted by atomic mass is 10.1. The number of rotatable bonds is 5. The number of amides is 1. The highest BCUT2D eigenvalue weighted by molar-refractivity contribution is 6.30. The number of anilines is 2. The second-order valence-corrected chi connectivity index (χ2v) is 5.97. The molecule has 3 aromatic rings. The first-order chi connectivity index (χ1) is 12.1. The van der Waals surface area contributed by atoms with E-state index in [1.807, 2.05) is 37.3 Å². The fourth-order valence-electron chi connectivity index (χ4n) is 2.31. The van der Waals surface area contributed by atoms with Crippen LogP contribution in [0.25, 0.3) is 0 Å². The lowest BCUT2D eigenvalue weighted by Crippen LogP contribution is -2.14. The van der Waals surface area contributed by atoms with Gasteiger partial charge in [0, 0.05) is 23.1 Å². The van der Waals surface area contributed by atoms with Gasteiger partial charge in [-0.1, -0.05) is 48.0 Å². The Morgan fingerprint density at radius 3 is 2.44 bits per heavy atom. The van der Waals surface area contributed by atoms with Crippen LogP contribution in [0.4, 0.5) is 11.6 Å². The molecule has 126 valence electrons. The normalized spacial score (nSPS) is 11.6. The quantitative estimate of drug-likeness (QED) is 0.706. The van der Waals surface area contributed by atoms with Gasteiger partial charge in [0.2, 0.25) is 5.95 Å². The molecule has 1 unspecified atom stereocenters. The highest BCUT2D eigenvalue weighted by atomic mass is 35.5. The van der Waals surface area contributed by atoms with Gasteiger partial charge in [0.05, 0.1) is 11.6 Å². The van der Waals surface area contributed by atoms with Crippen molar-refractivity contribution in [2.75, 3.05) is 10.6 Å². The molecular formula is C19H17ClN4O. The smallest absolute Gasteiger partial charge is 0.258 e. The molecule has 1 amide bonds. The maximum atomic E-state index is 12.2. The third-order valence-electron chi connectivity index (χ3n) is 3.64. The number of carbonyl (C=O) groups excluding carboxylic acids is 1. The minimum atomic E-state index is -0.287. The lowest BCUT2D eigenvalue weighted by Gasteiger charge is -2.14. The van der Waals surface area contributed by atoms with Crippen LogP contribution in [0, 0.1) is 0 Å². The Labute approximate surface area is 151 Å². The fraction of sp³-hybridized carbons (Fsp3) is 0.105. The molecule has 0 saturated carbocycles. The van der Waals surface area contributed by atoms with Crippen LogP contribution in [0.2, 0.25) is 5.02 Å². The summed E-state index contributed by atoms with van der Waals surface area (Å²) in [6, 6.07) is 17.0. The van der Waals surface area contributed by atoms with Gasteiger partial charge in [0.1, 0.15) is 0 Å². The predicted molar refractivity (Wildman–Crippen MR) is 99.9 cm³/mol. The zero-order valence-electron chi connectivity index (χ0n) is 13.6. The predicted octanol–water partition coefficient (Wildman–Crippen LogP) is 4.56. The number of benzene rings is 2. The number of aromatic nitrogens is 2. The SMILES string of the molecule is CC(Nc1ncc(C(=O)Nc2cccc(Cl)c2)cn1)c1ccccc1. The fourth-order valence-corrected chi connectivity index (χ4v) is 2.50. The largest absolute Gasteiger partial charge is 0.348 e. The van der Waals surface area contributed by atoms with E-state index >= 15 is 0 Å².